The number of pyridine rings is 1. The standard InChI is InChI=1S/C16H21BrN2O/c17-14-9-13(11-18-12-14)10-15(20)16(5-1-2-6-16)19-7-3-4-8-19/h9,11-12H,1-8,10H2. The van der Waals surface area contributed by atoms with Gasteiger partial charge in [0.25, 0.3) is 0 Å². The number of hydrogen-bond donors (Lipinski definition) is 0. The van der Waals surface area contributed by atoms with Gasteiger partial charge in [0.15, 0.2) is 5.78 Å². The molecule has 1 aromatic heterocycles. The Morgan fingerprint density at radius 3 is 2.55 bits per heavy atom. The predicted molar refractivity (Wildman–Crippen MR) is 82.7 cm³/mol. The van der Waals surface area contributed by atoms with E-state index in [1.807, 2.05) is 12.3 Å². The highest BCUT2D eigenvalue weighted by Crippen LogP contribution is 2.39. The molecule has 0 bridgehead atoms. The van der Waals surface area contributed by atoms with Crippen LogP contribution in [-0.4, -0.2) is 34.3 Å². The average molecular weight is 337 g/mol. The van der Waals surface area contributed by atoms with Gasteiger partial charge in [-0.3, -0.25) is 14.7 Å². The van der Waals surface area contributed by atoms with Crippen LogP contribution in [0.25, 0.3) is 0 Å². The Kier molecular flexibility index (Phi) is 4.22. The molecule has 0 amide bonds. The molecule has 0 radical (unpaired) electrons. The lowest BCUT2D eigenvalue weighted by molar-refractivity contribution is -0.129. The number of nitrogens with zero attached hydrogens (tertiary/aromatic N) is 2. The van der Waals surface area contributed by atoms with Crippen LogP contribution in [0.2, 0.25) is 0 Å². The van der Waals surface area contributed by atoms with Gasteiger partial charge < -0.3 is 0 Å². The van der Waals surface area contributed by atoms with Gasteiger partial charge in [-0.25, -0.2) is 0 Å². The van der Waals surface area contributed by atoms with E-state index in [4.69, 9.17) is 0 Å². The van der Waals surface area contributed by atoms with E-state index in [1.54, 1.807) is 6.20 Å². The number of carbonyl (C=O) groups is 1. The van der Waals surface area contributed by atoms with Crippen LogP contribution in [0.1, 0.15) is 44.1 Å². The van der Waals surface area contributed by atoms with Crippen LogP contribution in [0.4, 0.5) is 0 Å². The molecule has 108 valence electrons. The maximum Gasteiger partial charge on any atom is 0.157 e. The lowest BCUT2D eigenvalue weighted by Gasteiger charge is -2.37. The van der Waals surface area contributed by atoms with E-state index in [1.165, 1.54) is 25.7 Å². The summed E-state index contributed by atoms with van der Waals surface area (Å²) in [5.41, 5.74) is 0.855. The van der Waals surface area contributed by atoms with E-state index in [2.05, 4.69) is 25.8 Å². The van der Waals surface area contributed by atoms with Crippen LogP contribution in [-0.2, 0) is 11.2 Å². The third-order valence-electron chi connectivity index (χ3n) is 4.79. The van der Waals surface area contributed by atoms with Crippen LogP contribution in [0, 0.1) is 0 Å². The number of likely N-dealkylation sites (tertiary alicyclic amines) is 1. The summed E-state index contributed by atoms with van der Waals surface area (Å²) in [7, 11) is 0. The zero-order valence-corrected chi connectivity index (χ0v) is 13.4. The Morgan fingerprint density at radius 2 is 1.90 bits per heavy atom. The van der Waals surface area contributed by atoms with Crippen molar-refractivity contribution in [3.05, 3.63) is 28.5 Å². The second-order valence-corrected chi connectivity index (χ2v) is 6.96. The minimum atomic E-state index is -0.168. The van der Waals surface area contributed by atoms with Gasteiger partial charge >= 0.3 is 0 Å². The Labute approximate surface area is 128 Å². The first-order valence-electron chi connectivity index (χ1n) is 7.58. The summed E-state index contributed by atoms with van der Waals surface area (Å²) in [4.78, 5) is 19.6. The maximum atomic E-state index is 13.0. The molecular weight excluding hydrogens is 316 g/mol. The van der Waals surface area contributed by atoms with E-state index in [-0.39, 0.29) is 5.54 Å². The fourth-order valence-corrected chi connectivity index (χ4v) is 4.19. The lowest BCUT2D eigenvalue weighted by atomic mass is 9.86. The number of hydrogen-bond acceptors (Lipinski definition) is 3. The SMILES string of the molecule is O=C(Cc1cncc(Br)c1)C1(N2CCCC2)CCCC1. The number of rotatable bonds is 4. The third-order valence-corrected chi connectivity index (χ3v) is 5.22. The van der Waals surface area contributed by atoms with Crippen molar-refractivity contribution in [3.63, 3.8) is 0 Å². The minimum absolute atomic E-state index is 0.168. The Hall–Kier alpha value is -0.740. The molecule has 4 heteroatoms. The first kappa shape index (κ1) is 14.2. The van der Waals surface area contributed by atoms with Gasteiger partial charge in [0.1, 0.15) is 0 Å². The first-order valence-corrected chi connectivity index (χ1v) is 8.38. The van der Waals surface area contributed by atoms with Crippen molar-refractivity contribution in [1.29, 1.82) is 0 Å². The van der Waals surface area contributed by atoms with E-state index >= 15 is 0 Å². The van der Waals surface area contributed by atoms with Crippen molar-refractivity contribution >= 4 is 21.7 Å². The molecule has 20 heavy (non-hydrogen) atoms. The fraction of sp³-hybridized carbons (Fsp3) is 0.625. The fourth-order valence-electron chi connectivity index (χ4n) is 3.78. The number of halogens is 1. The van der Waals surface area contributed by atoms with Crippen molar-refractivity contribution in [1.82, 2.24) is 9.88 Å². The smallest absolute Gasteiger partial charge is 0.157 e. The zero-order valence-electron chi connectivity index (χ0n) is 11.8. The average Bonchev–Trinajstić information content (AvgIpc) is 3.11. The number of aromatic nitrogens is 1. The normalized spacial score (nSPS) is 22.2. The highest BCUT2D eigenvalue weighted by atomic mass is 79.9. The molecule has 1 aliphatic heterocycles. The highest BCUT2D eigenvalue weighted by Gasteiger charge is 2.45. The van der Waals surface area contributed by atoms with Crippen molar-refractivity contribution in [2.45, 2.75) is 50.5 Å². The Morgan fingerprint density at radius 1 is 1.20 bits per heavy atom. The molecule has 3 nitrogen and oxygen atoms in total. The van der Waals surface area contributed by atoms with Crippen molar-refractivity contribution in [2.24, 2.45) is 0 Å². The summed E-state index contributed by atoms with van der Waals surface area (Å²) < 4.78 is 0.949. The van der Waals surface area contributed by atoms with Gasteiger partial charge in [-0.1, -0.05) is 12.8 Å². The Balaban J connectivity index is 1.79. The van der Waals surface area contributed by atoms with Crippen LogP contribution >= 0.6 is 15.9 Å². The third kappa shape index (κ3) is 2.68. The zero-order chi connectivity index (χ0) is 14.0. The molecule has 0 unspecified atom stereocenters. The molecule has 2 heterocycles. The number of carbonyl (C=O) groups excluding carboxylic acids is 1. The summed E-state index contributed by atoms with van der Waals surface area (Å²) in [5.74, 6) is 0.400. The molecule has 0 N–H and O–H groups in total. The monoisotopic (exact) mass is 336 g/mol. The molecule has 3 rings (SSSR count). The summed E-state index contributed by atoms with van der Waals surface area (Å²) >= 11 is 3.43. The summed E-state index contributed by atoms with van der Waals surface area (Å²) in [6, 6.07) is 2.01. The lowest BCUT2D eigenvalue weighted by Crippen LogP contribution is -2.52. The topological polar surface area (TPSA) is 33.2 Å². The molecule has 2 aliphatic rings. The molecular formula is C16H21BrN2O. The van der Waals surface area contributed by atoms with Gasteiger partial charge in [0.2, 0.25) is 0 Å². The highest BCUT2D eigenvalue weighted by molar-refractivity contribution is 9.10. The number of Topliss-reactive ketones (excluding diaryl/α,β-unsaturated/α-hetero) is 1. The molecule has 1 saturated carbocycles. The molecule has 2 fully saturated rings. The van der Waals surface area contributed by atoms with Gasteiger partial charge in [0, 0.05) is 23.3 Å². The molecule has 1 saturated heterocycles. The van der Waals surface area contributed by atoms with Gasteiger partial charge in [-0.2, -0.15) is 0 Å². The summed E-state index contributed by atoms with van der Waals surface area (Å²) in [6.45, 7) is 2.20. The van der Waals surface area contributed by atoms with E-state index < -0.39 is 0 Å². The molecule has 1 aromatic rings. The largest absolute Gasteiger partial charge is 0.297 e. The second kappa shape index (κ2) is 5.94. The van der Waals surface area contributed by atoms with E-state index in [9.17, 15) is 4.79 Å². The van der Waals surface area contributed by atoms with Gasteiger partial charge in [-0.15, -0.1) is 0 Å². The second-order valence-electron chi connectivity index (χ2n) is 6.04. The molecule has 0 spiro atoms. The first-order chi connectivity index (χ1) is 9.71. The van der Waals surface area contributed by atoms with Crippen LogP contribution in [0.15, 0.2) is 22.9 Å². The molecule has 0 aromatic carbocycles. The van der Waals surface area contributed by atoms with E-state index in [0.29, 0.717) is 12.2 Å². The maximum absolute atomic E-state index is 13.0. The quantitative estimate of drug-likeness (QED) is 0.845. The van der Waals surface area contributed by atoms with Crippen molar-refractivity contribution < 1.29 is 4.79 Å². The van der Waals surface area contributed by atoms with Crippen LogP contribution in [0.5, 0.6) is 0 Å². The number of ketones is 1. The predicted octanol–water partition coefficient (Wildman–Crippen LogP) is 3.36. The Bertz CT molecular complexity index is 491. The molecule has 1 aliphatic carbocycles. The summed E-state index contributed by atoms with van der Waals surface area (Å²) in [6.07, 6.45) is 11.1. The van der Waals surface area contributed by atoms with Crippen molar-refractivity contribution in [2.75, 3.05) is 13.1 Å². The van der Waals surface area contributed by atoms with Crippen molar-refractivity contribution in [3.8, 4) is 0 Å². The van der Waals surface area contributed by atoms with Gasteiger partial charge in [0.05, 0.1) is 5.54 Å². The minimum Gasteiger partial charge on any atom is -0.297 e. The van der Waals surface area contributed by atoms with E-state index in [0.717, 1.165) is 36.0 Å². The van der Waals surface area contributed by atoms with Crippen LogP contribution < -0.4 is 0 Å². The van der Waals surface area contributed by atoms with Crippen LogP contribution in [0.3, 0.4) is 0 Å². The summed E-state index contributed by atoms with van der Waals surface area (Å²) in [5, 5.41) is 0. The molecule has 0 atom stereocenters. The van der Waals surface area contributed by atoms with Gasteiger partial charge in [-0.05, 0) is 66.3 Å².